The summed E-state index contributed by atoms with van der Waals surface area (Å²) in [5.74, 6) is -0.974. The molecule has 1 saturated carbocycles. The van der Waals surface area contributed by atoms with E-state index in [9.17, 15) is 9.59 Å². The van der Waals surface area contributed by atoms with Crippen molar-refractivity contribution in [3.63, 3.8) is 0 Å². The maximum atomic E-state index is 11.9. The Morgan fingerprint density at radius 2 is 1.89 bits per heavy atom. The molecule has 0 heterocycles. The van der Waals surface area contributed by atoms with Crippen LogP contribution in [0.4, 0.5) is 0 Å². The van der Waals surface area contributed by atoms with Gasteiger partial charge in [0.15, 0.2) is 0 Å². The van der Waals surface area contributed by atoms with Gasteiger partial charge in [0.2, 0.25) is 5.91 Å². The lowest BCUT2D eigenvalue weighted by atomic mass is 9.79. The van der Waals surface area contributed by atoms with Crippen LogP contribution >= 0.6 is 0 Å². The number of carbonyl (C=O) groups is 2. The Balaban J connectivity index is 2.55. The highest BCUT2D eigenvalue weighted by Crippen LogP contribution is 2.44. The number of nitrogens with one attached hydrogen (secondary N) is 1. The van der Waals surface area contributed by atoms with E-state index < -0.39 is 5.97 Å². The van der Waals surface area contributed by atoms with Gasteiger partial charge in [-0.2, -0.15) is 0 Å². The average Bonchev–Trinajstić information content (AvgIpc) is 2.73. The molecule has 1 rings (SSSR count). The lowest BCUT2D eigenvalue weighted by Gasteiger charge is -2.27. The van der Waals surface area contributed by atoms with Crippen LogP contribution in [0.3, 0.4) is 0 Å². The third-order valence-electron chi connectivity index (χ3n) is 3.80. The number of hydrogen-bond donors (Lipinski definition) is 3. The normalized spacial score (nSPS) is 19.4. The molecule has 0 bridgehead atoms. The molecule has 104 valence electrons. The van der Waals surface area contributed by atoms with Crippen LogP contribution in [0.2, 0.25) is 0 Å². The smallest absolute Gasteiger partial charge is 0.303 e. The van der Waals surface area contributed by atoms with Gasteiger partial charge in [-0.3, -0.25) is 9.59 Å². The number of aliphatic hydroxyl groups is 1. The van der Waals surface area contributed by atoms with Crippen LogP contribution in [0.5, 0.6) is 0 Å². The predicted molar refractivity (Wildman–Crippen MR) is 67.1 cm³/mol. The molecule has 1 fully saturated rings. The van der Waals surface area contributed by atoms with Crippen LogP contribution in [0.25, 0.3) is 0 Å². The molecule has 0 aromatic rings. The number of amides is 1. The molecule has 5 heteroatoms. The Morgan fingerprint density at radius 1 is 1.28 bits per heavy atom. The van der Waals surface area contributed by atoms with Gasteiger partial charge >= 0.3 is 5.97 Å². The molecule has 1 aliphatic carbocycles. The molecule has 18 heavy (non-hydrogen) atoms. The van der Waals surface area contributed by atoms with Crippen molar-refractivity contribution in [1.29, 1.82) is 0 Å². The van der Waals surface area contributed by atoms with E-state index in [1.54, 1.807) is 0 Å². The molecule has 1 aliphatic rings. The van der Waals surface area contributed by atoms with E-state index in [0.717, 1.165) is 25.7 Å². The van der Waals surface area contributed by atoms with Crippen LogP contribution < -0.4 is 5.32 Å². The van der Waals surface area contributed by atoms with Crippen LogP contribution in [0, 0.1) is 5.41 Å². The molecular weight excluding hydrogens is 234 g/mol. The minimum atomic E-state index is -0.834. The number of carbonyl (C=O) groups excluding carboxylic acids is 1. The molecule has 0 aromatic heterocycles. The quantitative estimate of drug-likeness (QED) is 0.641. The molecule has 5 nitrogen and oxygen atoms in total. The summed E-state index contributed by atoms with van der Waals surface area (Å²) in [5, 5.41) is 20.8. The first kappa shape index (κ1) is 15.0. The van der Waals surface area contributed by atoms with E-state index in [1.165, 1.54) is 0 Å². The first-order chi connectivity index (χ1) is 8.51. The first-order valence-corrected chi connectivity index (χ1v) is 6.63. The number of rotatable bonds is 7. The summed E-state index contributed by atoms with van der Waals surface area (Å²) < 4.78 is 0. The van der Waals surface area contributed by atoms with E-state index in [-0.39, 0.29) is 36.8 Å². The van der Waals surface area contributed by atoms with Crippen LogP contribution in [0.1, 0.15) is 51.9 Å². The third-order valence-corrected chi connectivity index (χ3v) is 3.80. The average molecular weight is 257 g/mol. The maximum Gasteiger partial charge on any atom is 0.303 e. The van der Waals surface area contributed by atoms with Gasteiger partial charge in [0, 0.05) is 6.42 Å². The van der Waals surface area contributed by atoms with E-state index in [4.69, 9.17) is 10.2 Å². The zero-order valence-electron chi connectivity index (χ0n) is 10.9. The Bertz CT molecular complexity index is 293. The van der Waals surface area contributed by atoms with E-state index in [1.807, 2.05) is 6.92 Å². The molecule has 1 atom stereocenters. The number of carboxylic acid groups (broad SMARTS) is 1. The second-order valence-corrected chi connectivity index (χ2v) is 5.31. The Kier molecular flexibility index (Phi) is 5.59. The minimum absolute atomic E-state index is 0.0658. The number of carboxylic acids is 1. The fourth-order valence-corrected chi connectivity index (χ4v) is 2.76. The van der Waals surface area contributed by atoms with Crippen molar-refractivity contribution in [2.45, 2.75) is 57.9 Å². The molecule has 0 aromatic carbocycles. The van der Waals surface area contributed by atoms with Crippen LogP contribution in [0.15, 0.2) is 0 Å². The zero-order valence-corrected chi connectivity index (χ0v) is 10.9. The van der Waals surface area contributed by atoms with Crippen molar-refractivity contribution in [2.75, 3.05) is 6.61 Å². The molecule has 0 saturated heterocycles. The SMILES string of the molecule is CC[C@H](CO)NC(=O)CC1(CC(=O)O)CCCC1. The van der Waals surface area contributed by atoms with Crippen molar-refractivity contribution >= 4 is 11.9 Å². The van der Waals surface area contributed by atoms with Crippen molar-refractivity contribution < 1.29 is 19.8 Å². The molecule has 0 radical (unpaired) electrons. The second kappa shape index (κ2) is 6.73. The van der Waals surface area contributed by atoms with Crippen molar-refractivity contribution in [3.8, 4) is 0 Å². The van der Waals surface area contributed by atoms with Gasteiger partial charge < -0.3 is 15.5 Å². The van der Waals surface area contributed by atoms with Crippen molar-refractivity contribution in [1.82, 2.24) is 5.32 Å². The second-order valence-electron chi connectivity index (χ2n) is 5.31. The van der Waals surface area contributed by atoms with Crippen molar-refractivity contribution in [3.05, 3.63) is 0 Å². The van der Waals surface area contributed by atoms with E-state index >= 15 is 0 Å². The highest BCUT2D eigenvalue weighted by Gasteiger charge is 2.38. The van der Waals surface area contributed by atoms with E-state index in [2.05, 4.69) is 5.32 Å². The maximum absolute atomic E-state index is 11.9. The monoisotopic (exact) mass is 257 g/mol. The Hall–Kier alpha value is -1.10. The standard InChI is InChI=1S/C13H23NO4/c1-2-10(9-15)14-11(16)7-13(8-12(17)18)5-3-4-6-13/h10,15H,2-9H2,1H3,(H,14,16)(H,17,18)/t10-/m1/s1. The molecule has 0 unspecified atom stereocenters. The number of hydrogen-bond acceptors (Lipinski definition) is 3. The molecule has 0 aliphatic heterocycles. The number of aliphatic carboxylic acids is 1. The summed E-state index contributed by atoms with van der Waals surface area (Å²) in [7, 11) is 0. The Labute approximate surface area is 108 Å². The highest BCUT2D eigenvalue weighted by atomic mass is 16.4. The van der Waals surface area contributed by atoms with Crippen LogP contribution in [-0.2, 0) is 9.59 Å². The number of aliphatic hydroxyl groups excluding tert-OH is 1. The lowest BCUT2D eigenvalue weighted by molar-refractivity contribution is -0.140. The third kappa shape index (κ3) is 4.29. The van der Waals surface area contributed by atoms with Gasteiger partial charge in [0.1, 0.15) is 0 Å². The predicted octanol–water partition coefficient (Wildman–Crippen LogP) is 1.30. The Morgan fingerprint density at radius 3 is 2.33 bits per heavy atom. The fraction of sp³-hybridized carbons (Fsp3) is 0.846. The van der Waals surface area contributed by atoms with Gasteiger partial charge in [-0.15, -0.1) is 0 Å². The van der Waals surface area contributed by atoms with Gasteiger partial charge in [-0.05, 0) is 24.7 Å². The summed E-state index contributed by atoms with van der Waals surface area (Å²) in [6.07, 6.45) is 4.61. The first-order valence-electron chi connectivity index (χ1n) is 6.63. The summed E-state index contributed by atoms with van der Waals surface area (Å²) in [5.41, 5.74) is -0.371. The van der Waals surface area contributed by atoms with Gasteiger partial charge in [-0.1, -0.05) is 19.8 Å². The lowest BCUT2D eigenvalue weighted by Crippen LogP contribution is -2.40. The summed E-state index contributed by atoms with van der Waals surface area (Å²) in [6, 6.07) is -0.221. The highest BCUT2D eigenvalue weighted by molar-refractivity contribution is 5.78. The summed E-state index contributed by atoms with van der Waals surface area (Å²) in [4.78, 5) is 22.8. The topological polar surface area (TPSA) is 86.6 Å². The van der Waals surface area contributed by atoms with Gasteiger partial charge in [-0.25, -0.2) is 0 Å². The van der Waals surface area contributed by atoms with Gasteiger partial charge in [0.05, 0.1) is 19.1 Å². The van der Waals surface area contributed by atoms with Gasteiger partial charge in [0.25, 0.3) is 0 Å². The summed E-state index contributed by atoms with van der Waals surface area (Å²) >= 11 is 0. The molecule has 3 N–H and O–H groups in total. The molecular formula is C13H23NO4. The van der Waals surface area contributed by atoms with E-state index in [0.29, 0.717) is 6.42 Å². The van der Waals surface area contributed by atoms with Crippen molar-refractivity contribution in [2.24, 2.45) is 5.41 Å². The zero-order chi connectivity index (χ0) is 13.6. The van der Waals surface area contributed by atoms with Crippen LogP contribution in [-0.4, -0.2) is 34.7 Å². The fourth-order valence-electron chi connectivity index (χ4n) is 2.76. The summed E-state index contributed by atoms with van der Waals surface area (Å²) in [6.45, 7) is 1.82. The molecule has 1 amide bonds. The minimum Gasteiger partial charge on any atom is -0.481 e. The largest absolute Gasteiger partial charge is 0.481 e. The molecule has 0 spiro atoms.